The number of carbonyl (C=O) groups is 1. The number of hydrogen-bond donors (Lipinski definition) is 2. The van der Waals surface area contributed by atoms with Crippen LogP contribution in [0.1, 0.15) is 37.0 Å². The van der Waals surface area contributed by atoms with E-state index in [0.717, 1.165) is 12.8 Å². The molecule has 0 atom stereocenters. The zero-order valence-corrected chi connectivity index (χ0v) is 11.8. The first kappa shape index (κ1) is 13.9. The highest BCUT2D eigenvalue weighted by Crippen LogP contribution is 2.20. The molecule has 1 amide bonds. The third-order valence-electron chi connectivity index (χ3n) is 2.94. The zero-order chi connectivity index (χ0) is 14.0. The van der Waals surface area contributed by atoms with Crippen molar-refractivity contribution < 1.29 is 13.2 Å². The Balaban J connectivity index is 2.03. The van der Waals surface area contributed by atoms with E-state index in [-0.39, 0.29) is 5.91 Å². The maximum atomic E-state index is 11.8. The van der Waals surface area contributed by atoms with Gasteiger partial charge in [-0.15, -0.1) is 0 Å². The monoisotopic (exact) mass is 282 g/mol. The van der Waals surface area contributed by atoms with Gasteiger partial charge in [-0.3, -0.25) is 9.52 Å². The molecule has 0 saturated heterocycles. The van der Waals surface area contributed by atoms with Gasteiger partial charge in [0.05, 0.1) is 5.25 Å². The van der Waals surface area contributed by atoms with E-state index in [2.05, 4.69) is 10.0 Å². The summed E-state index contributed by atoms with van der Waals surface area (Å²) < 4.78 is 25.8. The molecule has 104 valence electrons. The molecule has 1 aromatic rings. The zero-order valence-electron chi connectivity index (χ0n) is 11.0. The topological polar surface area (TPSA) is 75.3 Å². The van der Waals surface area contributed by atoms with Gasteiger partial charge in [0, 0.05) is 17.3 Å². The Labute approximate surface area is 113 Å². The first-order chi connectivity index (χ1) is 8.88. The van der Waals surface area contributed by atoms with Gasteiger partial charge in [-0.05, 0) is 51.0 Å². The second-order valence-corrected chi connectivity index (χ2v) is 7.26. The second kappa shape index (κ2) is 5.21. The minimum Gasteiger partial charge on any atom is -0.349 e. The van der Waals surface area contributed by atoms with Gasteiger partial charge in [0.1, 0.15) is 0 Å². The minimum atomic E-state index is -3.34. The largest absolute Gasteiger partial charge is 0.349 e. The van der Waals surface area contributed by atoms with Gasteiger partial charge in [-0.25, -0.2) is 8.42 Å². The van der Waals surface area contributed by atoms with Crippen molar-refractivity contribution in [1.29, 1.82) is 0 Å². The highest BCUT2D eigenvalue weighted by Gasteiger charge is 2.23. The van der Waals surface area contributed by atoms with Crippen LogP contribution in [0.4, 0.5) is 5.69 Å². The number of carbonyl (C=O) groups excluding carboxylic acids is 1. The van der Waals surface area contributed by atoms with Crippen molar-refractivity contribution in [3.8, 4) is 0 Å². The average molecular weight is 282 g/mol. The summed E-state index contributed by atoms with van der Waals surface area (Å²) in [5, 5.41) is 2.38. The predicted molar refractivity (Wildman–Crippen MR) is 74.6 cm³/mol. The first-order valence-corrected chi connectivity index (χ1v) is 7.85. The molecule has 0 radical (unpaired) electrons. The van der Waals surface area contributed by atoms with Crippen molar-refractivity contribution >= 4 is 21.6 Å². The van der Waals surface area contributed by atoms with Crippen LogP contribution in [0.5, 0.6) is 0 Å². The summed E-state index contributed by atoms with van der Waals surface area (Å²) in [4.78, 5) is 11.8. The van der Waals surface area contributed by atoms with E-state index in [1.165, 1.54) is 0 Å². The molecule has 0 bridgehead atoms. The summed E-state index contributed by atoms with van der Waals surface area (Å²) in [5.74, 6) is -0.110. The molecule has 1 saturated carbocycles. The molecule has 1 aromatic carbocycles. The van der Waals surface area contributed by atoms with E-state index in [9.17, 15) is 13.2 Å². The number of benzene rings is 1. The summed E-state index contributed by atoms with van der Waals surface area (Å²) in [7, 11) is -3.34. The number of nitrogens with one attached hydrogen (secondary N) is 2. The van der Waals surface area contributed by atoms with E-state index in [1.54, 1.807) is 38.1 Å². The van der Waals surface area contributed by atoms with Crippen LogP contribution in [0.2, 0.25) is 0 Å². The lowest BCUT2D eigenvalue weighted by Gasteiger charge is -2.11. The molecule has 0 unspecified atom stereocenters. The van der Waals surface area contributed by atoms with E-state index in [0.29, 0.717) is 17.3 Å². The predicted octanol–water partition coefficient (Wildman–Crippen LogP) is 1.73. The quantitative estimate of drug-likeness (QED) is 0.863. The Morgan fingerprint density at radius 1 is 1.21 bits per heavy atom. The summed E-state index contributed by atoms with van der Waals surface area (Å²) >= 11 is 0. The lowest BCUT2D eigenvalue weighted by atomic mass is 10.2. The standard InChI is InChI=1S/C13H18N2O3S/c1-9(2)19(17,18)15-12-5-3-10(4-6-12)13(16)14-11-7-8-11/h3-6,9,11,15H,7-8H2,1-2H3,(H,14,16). The van der Waals surface area contributed by atoms with Crippen molar-refractivity contribution in [3.05, 3.63) is 29.8 Å². The van der Waals surface area contributed by atoms with E-state index < -0.39 is 15.3 Å². The van der Waals surface area contributed by atoms with Gasteiger partial charge in [-0.2, -0.15) is 0 Å². The Hall–Kier alpha value is -1.56. The van der Waals surface area contributed by atoms with Gasteiger partial charge >= 0.3 is 0 Å². The molecule has 6 heteroatoms. The van der Waals surface area contributed by atoms with Crippen molar-refractivity contribution in [1.82, 2.24) is 5.32 Å². The Morgan fingerprint density at radius 3 is 2.26 bits per heavy atom. The maximum Gasteiger partial charge on any atom is 0.251 e. The molecular weight excluding hydrogens is 264 g/mol. The fourth-order valence-electron chi connectivity index (χ4n) is 1.47. The Bertz CT molecular complexity index is 560. The maximum absolute atomic E-state index is 11.8. The van der Waals surface area contributed by atoms with Crippen molar-refractivity contribution in [2.45, 2.75) is 38.0 Å². The molecule has 0 aromatic heterocycles. The highest BCUT2D eigenvalue weighted by atomic mass is 32.2. The van der Waals surface area contributed by atoms with Crippen molar-refractivity contribution in [2.24, 2.45) is 0 Å². The fraction of sp³-hybridized carbons (Fsp3) is 0.462. The molecule has 2 rings (SSSR count). The third kappa shape index (κ3) is 3.70. The SMILES string of the molecule is CC(C)S(=O)(=O)Nc1ccc(C(=O)NC2CC2)cc1. The summed E-state index contributed by atoms with van der Waals surface area (Å²) in [6.45, 7) is 3.22. The van der Waals surface area contributed by atoms with Crippen LogP contribution < -0.4 is 10.0 Å². The van der Waals surface area contributed by atoms with Crippen LogP contribution in [0.25, 0.3) is 0 Å². The minimum absolute atomic E-state index is 0.110. The van der Waals surface area contributed by atoms with Crippen LogP contribution >= 0.6 is 0 Å². The van der Waals surface area contributed by atoms with Gasteiger partial charge in [0.15, 0.2) is 0 Å². The second-order valence-electron chi connectivity index (χ2n) is 5.02. The highest BCUT2D eigenvalue weighted by molar-refractivity contribution is 7.93. The van der Waals surface area contributed by atoms with Gasteiger partial charge < -0.3 is 5.32 Å². The van der Waals surface area contributed by atoms with Gasteiger partial charge in [0.25, 0.3) is 5.91 Å². The molecule has 2 N–H and O–H groups in total. The average Bonchev–Trinajstić information content (AvgIpc) is 3.13. The van der Waals surface area contributed by atoms with Crippen LogP contribution in [0.15, 0.2) is 24.3 Å². The molecule has 0 aliphatic heterocycles. The molecule has 1 aliphatic rings. The number of amides is 1. The summed E-state index contributed by atoms with van der Waals surface area (Å²) in [5.41, 5.74) is 1.01. The van der Waals surface area contributed by atoms with Crippen LogP contribution in [0.3, 0.4) is 0 Å². The van der Waals surface area contributed by atoms with Crippen molar-refractivity contribution in [2.75, 3.05) is 4.72 Å². The van der Waals surface area contributed by atoms with E-state index in [1.807, 2.05) is 0 Å². The third-order valence-corrected chi connectivity index (χ3v) is 4.70. The molecule has 5 nitrogen and oxygen atoms in total. The van der Waals surface area contributed by atoms with Crippen LogP contribution in [-0.2, 0) is 10.0 Å². The molecule has 0 heterocycles. The van der Waals surface area contributed by atoms with Gasteiger partial charge in [0.2, 0.25) is 10.0 Å². The molecule has 1 aliphatic carbocycles. The smallest absolute Gasteiger partial charge is 0.251 e. The number of rotatable bonds is 5. The van der Waals surface area contributed by atoms with Gasteiger partial charge in [-0.1, -0.05) is 0 Å². The van der Waals surface area contributed by atoms with Crippen LogP contribution in [0, 0.1) is 0 Å². The number of anilines is 1. The van der Waals surface area contributed by atoms with E-state index >= 15 is 0 Å². The molecule has 19 heavy (non-hydrogen) atoms. The first-order valence-electron chi connectivity index (χ1n) is 6.31. The number of sulfonamides is 1. The molecular formula is C13H18N2O3S. The lowest BCUT2D eigenvalue weighted by molar-refractivity contribution is 0.0951. The van der Waals surface area contributed by atoms with Crippen molar-refractivity contribution in [3.63, 3.8) is 0 Å². The summed E-state index contributed by atoms with van der Waals surface area (Å²) in [6.07, 6.45) is 2.08. The van der Waals surface area contributed by atoms with Crippen LogP contribution in [-0.4, -0.2) is 25.6 Å². The fourth-order valence-corrected chi connectivity index (χ4v) is 2.17. The normalized spacial score (nSPS) is 15.3. The Morgan fingerprint density at radius 2 is 1.79 bits per heavy atom. The number of hydrogen-bond acceptors (Lipinski definition) is 3. The lowest BCUT2D eigenvalue weighted by Crippen LogP contribution is -2.25. The molecule has 0 spiro atoms. The molecule has 1 fully saturated rings. The van der Waals surface area contributed by atoms with E-state index in [4.69, 9.17) is 0 Å². The summed E-state index contributed by atoms with van der Waals surface area (Å²) in [6, 6.07) is 6.75. The Kier molecular flexibility index (Phi) is 3.80.